The number of hydrogen-bond acceptors (Lipinski definition) is 3. The highest BCUT2D eigenvalue weighted by Gasteiger charge is 2.24. The summed E-state index contributed by atoms with van der Waals surface area (Å²) in [7, 11) is 2.22. The van der Waals surface area contributed by atoms with E-state index in [1.807, 2.05) is 0 Å². The van der Waals surface area contributed by atoms with Gasteiger partial charge in [-0.05, 0) is 19.0 Å². The van der Waals surface area contributed by atoms with Gasteiger partial charge in [-0.2, -0.15) is 12.6 Å². The highest BCUT2D eigenvalue weighted by molar-refractivity contribution is 7.80. The molecule has 1 fully saturated rings. The molecule has 0 bridgehead atoms. The number of likely N-dealkylation sites (N-methyl/N-ethyl adjacent to an activating group) is 1. The van der Waals surface area contributed by atoms with Crippen LogP contribution in [0.2, 0.25) is 0 Å². The molecule has 2 nitrogen and oxygen atoms in total. The lowest BCUT2D eigenvalue weighted by Crippen LogP contribution is -2.35. The van der Waals surface area contributed by atoms with Gasteiger partial charge in [0.1, 0.15) is 0 Å². The summed E-state index contributed by atoms with van der Waals surface area (Å²) in [6, 6.07) is 11.5. The molecule has 94 valence electrons. The van der Waals surface area contributed by atoms with Crippen molar-refractivity contribution < 1.29 is 0 Å². The van der Waals surface area contributed by atoms with Crippen LogP contribution < -0.4 is 0 Å². The van der Waals surface area contributed by atoms with Crippen molar-refractivity contribution in [3.8, 4) is 0 Å². The van der Waals surface area contributed by atoms with Crippen molar-refractivity contribution in [1.29, 1.82) is 0 Å². The van der Waals surface area contributed by atoms with Gasteiger partial charge in [-0.1, -0.05) is 30.3 Å². The summed E-state index contributed by atoms with van der Waals surface area (Å²) < 4.78 is 0. The minimum Gasteiger partial charge on any atom is -0.301 e. The Morgan fingerprint density at radius 3 is 2.82 bits per heavy atom. The van der Waals surface area contributed by atoms with E-state index in [4.69, 9.17) is 0 Å². The first kappa shape index (κ1) is 12.9. The van der Waals surface area contributed by atoms with Gasteiger partial charge in [0.2, 0.25) is 0 Å². The molecule has 0 radical (unpaired) electrons. The van der Waals surface area contributed by atoms with Crippen LogP contribution in [0.25, 0.3) is 0 Å². The van der Waals surface area contributed by atoms with Gasteiger partial charge in [-0.15, -0.1) is 0 Å². The lowest BCUT2D eigenvalue weighted by molar-refractivity contribution is 0.240. The second-order valence-corrected chi connectivity index (χ2v) is 5.31. The number of likely N-dealkylation sites (tertiary alicyclic amines) is 1. The molecule has 1 aliphatic rings. The Morgan fingerprint density at radius 1 is 1.35 bits per heavy atom. The van der Waals surface area contributed by atoms with Crippen LogP contribution in [0.3, 0.4) is 0 Å². The molecule has 2 rings (SSSR count). The number of hydrogen-bond donors (Lipinski definition) is 1. The van der Waals surface area contributed by atoms with E-state index >= 15 is 0 Å². The molecule has 0 spiro atoms. The average molecular weight is 250 g/mol. The lowest BCUT2D eigenvalue weighted by atomic mass is 10.2. The molecule has 17 heavy (non-hydrogen) atoms. The Labute approximate surface area is 110 Å². The molecular weight excluding hydrogens is 228 g/mol. The molecule has 0 aromatic heterocycles. The zero-order valence-electron chi connectivity index (χ0n) is 10.5. The van der Waals surface area contributed by atoms with Crippen LogP contribution in [0.15, 0.2) is 30.3 Å². The van der Waals surface area contributed by atoms with Gasteiger partial charge in [-0.3, -0.25) is 4.90 Å². The summed E-state index contributed by atoms with van der Waals surface area (Å²) in [6.07, 6.45) is 1.29. The van der Waals surface area contributed by atoms with E-state index in [1.165, 1.54) is 25.1 Å². The van der Waals surface area contributed by atoms with Gasteiger partial charge in [-0.25, -0.2) is 0 Å². The molecule has 0 aliphatic carbocycles. The summed E-state index contributed by atoms with van der Waals surface area (Å²) in [6.45, 7) is 4.59. The maximum Gasteiger partial charge on any atom is 0.0234 e. The number of thiol groups is 1. The highest BCUT2D eigenvalue weighted by atomic mass is 32.1. The third-order valence-electron chi connectivity index (χ3n) is 3.57. The molecule has 0 N–H and O–H groups in total. The van der Waals surface area contributed by atoms with E-state index < -0.39 is 0 Å². The fourth-order valence-corrected chi connectivity index (χ4v) is 2.81. The minimum atomic E-state index is 0.714. The Morgan fingerprint density at radius 2 is 2.12 bits per heavy atom. The monoisotopic (exact) mass is 250 g/mol. The molecule has 1 aromatic rings. The molecular formula is C14H22N2S. The van der Waals surface area contributed by atoms with Gasteiger partial charge >= 0.3 is 0 Å². The van der Waals surface area contributed by atoms with Gasteiger partial charge < -0.3 is 4.90 Å². The van der Waals surface area contributed by atoms with Crippen LogP contribution in [0.1, 0.15) is 12.0 Å². The second kappa shape index (κ2) is 6.43. The summed E-state index contributed by atoms with van der Waals surface area (Å²) in [5.41, 5.74) is 1.42. The van der Waals surface area contributed by atoms with Gasteiger partial charge in [0.15, 0.2) is 0 Å². The number of benzene rings is 1. The zero-order chi connectivity index (χ0) is 12.1. The first-order valence-electron chi connectivity index (χ1n) is 6.37. The van der Waals surface area contributed by atoms with Gasteiger partial charge in [0.25, 0.3) is 0 Å². The summed E-state index contributed by atoms with van der Waals surface area (Å²) >= 11 is 4.30. The highest BCUT2D eigenvalue weighted by Crippen LogP contribution is 2.16. The molecule has 0 amide bonds. The molecule has 1 atom stereocenters. The standard InChI is InChI=1S/C14H22N2S/c1-15(9-10-17)14-7-8-16(12-14)11-13-5-3-2-4-6-13/h2-6,14,17H,7-12H2,1H3. The molecule has 1 heterocycles. The Balaban J connectivity index is 1.82. The first-order valence-corrected chi connectivity index (χ1v) is 7.00. The summed E-state index contributed by atoms with van der Waals surface area (Å²) in [5.74, 6) is 0.950. The van der Waals surface area contributed by atoms with Crippen molar-refractivity contribution in [1.82, 2.24) is 9.80 Å². The zero-order valence-corrected chi connectivity index (χ0v) is 11.4. The van der Waals surface area contributed by atoms with E-state index in [0.29, 0.717) is 6.04 Å². The van der Waals surface area contributed by atoms with Crippen molar-refractivity contribution in [2.75, 3.05) is 32.4 Å². The van der Waals surface area contributed by atoms with Crippen LogP contribution in [0.4, 0.5) is 0 Å². The summed E-state index contributed by atoms with van der Waals surface area (Å²) in [5, 5.41) is 0. The second-order valence-electron chi connectivity index (χ2n) is 4.87. The third-order valence-corrected chi connectivity index (χ3v) is 3.77. The Bertz CT molecular complexity index is 328. The molecule has 3 heteroatoms. The predicted molar refractivity (Wildman–Crippen MR) is 76.6 cm³/mol. The van der Waals surface area contributed by atoms with E-state index in [2.05, 4.69) is 59.8 Å². The van der Waals surface area contributed by atoms with Crippen molar-refractivity contribution in [3.63, 3.8) is 0 Å². The van der Waals surface area contributed by atoms with Gasteiger partial charge in [0.05, 0.1) is 0 Å². The van der Waals surface area contributed by atoms with Crippen molar-refractivity contribution >= 4 is 12.6 Å². The van der Waals surface area contributed by atoms with Crippen LogP contribution in [0.5, 0.6) is 0 Å². The number of nitrogens with zero attached hydrogens (tertiary/aromatic N) is 2. The molecule has 1 aromatic carbocycles. The van der Waals surface area contributed by atoms with Crippen molar-refractivity contribution in [3.05, 3.63) is 35.9 Å². The average Bonchev–Trinajstić information content (AvgIpc) is 2.79. The fraction of sp³-hybridized carbons (Fsp3) is 0.571. The Kier molecular flexibility index (Phi) is 4.89. The maximum atomic E-state index is 4.30. The van der Waals surface area contributed by atoms with Crippen molar-refractivity contribution in [2.24, 2.45) is 0 Å². The normalized spacial score (nSPS) is 21.2. The first-order chi connectivity index (χ1) is 8.29. The Hall–Kier alpha value is -0.510. The maximum absolute atomic E-state index is 4.30. The third kappa shape index (κ3) is 3.73. The molecule has 0 saturated carbocycles. The fourth-order valence-electron chi connectivity index (χ4n) is 2.50. The van der Waals surface area contributed by atoms with Gasteiger partial charge in [0, 0.05) is 38.0 Å². The van der Waals surface area contributed by atoms with Crippen LogP contribution in [-0.4, -0.2) is 48.3 Å². The topological polar surface area (TPSA) is 6.48 Å². The molecule has 1 saturated heterocycles. The predicted octanol–water partition coefficient (Wildman–Crippen LogP) is 2.12. The van der Waals surface area contributed by atoms with E-state index in [0.717, 1.165) is 18.8 Å². The van der Waals surface area contributed by atoms with Crippen molar-refractivity contribution in [2.45, 2.75) is 19.0 Å². The van der Waals surface area contributed by atoms with E-state index in [1.54, 1.807) is 0 Å². The smallest absolute Gasteiger partial charge is 0.0234 e. The van der Waals surface area contributed by atoms with Crippen LogP contribution in [-0.2, 0) is 6.54 Å². The SMILES string of the molecule is CN(CCS)C1CCN(Cc2ccccc2)C1. The minimum absolute atomic E-state index is 0.714. The molecule has 1 aliphatic heterocycles. The summed E-state index contributed by atoms with van der Waals surface area (Å²) in [4.78, 5) is 4.99. The van der Waals surface area contributed by atoms with Crippen LogP contribution in [0, 0.1) is 0 Å². The van der Waals surface area contributed by atoms with E-state index in [-0.39, 0.29) is 0 Å². The van der Waals surface area contributed by atoms with E-state index in [9.17, 15) is 0 Å². The molecule has 1 unspecified atom stereocenters. The quantitative estimate of drug-likeness (QED) is 0.800. The largest absolute Gasteiger partial charge is 0.301 e. The number of rotatable bonds is 5. The lowest BCUT2D eigenvalue weighted by Gasteiger charge is -2.24. The van der Waals surface area contributed by atoms with Crippen LogP contribution >= 0.6 is 12.6 Å².